The molecular weight excluding hydrogens is 232 g/mol. The summed E-state index contributed by atoms with van der Waals surface area (Å²) in [4.78, 5) is -0.776. The first kappa shape index (κ1) is 10.0. The number of rotatable bonds is 0. The van der Waals surface area contributed by atoms with E-state index in [1.54, 1.807) is 0 Å². The van der Waals surface area contributed by atoms with Crippen LogP contribution in [0.5, 0.6) is 0 Å². The Kier molecular flexibility index (Phi) is 2.81. The minimum absolute atomic E-state index is 0.666. The molecule has 0 aliphatic heterocycles. The van der Waals surface area contributed by atoms with Gasteiger partial charge in [-0.3, -0.25) is 0 Å². The van der Waals surface area contributed by atoms with Crippen molar-refractivity contribution in [1.29, 1.82) is 0 Å². The highest BCUT2D eigenvalue weighted by atomic mass is 35.5. The molecule has 0 spiro atoms. The molecule has 0 unspecified atom stereocenters. The summed E-state index contributed by atoms with van der Waals surface area (Å²) in [6.07, 6.45) is 0. The van der Waals surface area contributed by atoms with Crippen LogP contribution in [0.2, 0.25) is 10.0 Å². The molecule has 0 aliphatic carbocycles. The van der Waals surface area contributed by atoms with Crippen LogP contribution in [-0.2, 0) is 0 Å². The fraction of sp³-hybridized carbons (Fsp3) is 0. The Morgan fingerprint density at radius 2 is 1.25 bits per heavy atom. The van der Waals surface area contributed by atoms with E-state index in [9.17, 15) is 13.2 Å². The SMILES string of the molecule is Fc1c(F)c(Cl)c(Cl)c(F)c1S. The van der Waals surface area contributed by atoms with E-state index in [0.29, 0.717) is 0 Å². The predicted molar refractivity (Wildman–Crippen MR) is 43.6 cm³/mol. The molecule has 0 N–H and O–H groups in total. The molecule has 6 heteroatoms. The van der Waals surface area contributed by atoms with Crippen molar-refractivity contribution in [2.45, 2.75) is 4.90 Å². The fourth-order valence-electron chi connectivity index (χ4n) is 0.593. The third kappa shape index (κ3) is 1.39. The number of halogens is 5. The Balaban J connectivity index is 3.60. The van der Waals surface area contributed by atoms with Crippen LogP contribution in [0.15, 0.2) is 4.90 Å². The summed E-state index contributed by atoms with van der Waals surface area (Å²) in [7, 11) is 0. The van der Waals surface area contributed by atoms with E-state index < -0.39 is 32.4 Å². The first-order valence-electron chi connectivity index (χ1n) is 2.67. The molecule has 1 aromatic carbocycles. The minimum atomic E-state index is -1.44. The molecule has 0 amide bonds. The topological polar surface area (TPSA) is 0 Å². The molecule has 1 rings (SSSR count). The number of hydrogen-bond donors (Lipinski definition) is 1. The molecule has 0 heterocycles. The number of benzene rings is 1. The molecule has 0 saturated heterocycles. The van der Waals surface area contributed by atoms with Crippen LogP contribution in [0.3, 0.4) is 0 Å². The zero-order valence-electron chi connectivity index (χ0n) is 5.34. The van der Waals surface area contributed by atoms with Gasteiger partial charge in [0.25, 0.3) is 0 Å². The van der Waals surface area contributed by atoms with Gasteiger partial charge in [0.05, 0.1) is 9.92 Å². The summed E-state index contributed by atoms with van der Waals surface area (Å²) in [6, 6.07) is 0. The van der Waals surface area contributed by atoms with Gasteiger partial charge in [-0.25, -0.2) is 13.2 Å². The summed E-state index contributed by atoms with van der Waals surface area (Å²) in [5, 5.41) is -1.44. The van der Waals surface area contributed by atoms with Crippen LogP contribution < -0.4 is 0 Å². The largest absolute Gasteiger partial charge is 0.204 e. The van der Waals surface area contributed by atoms with Crippen LogP contribution in [0.25, 0.3) is 0 Å². The summed E-state index contributed by atoms with van der Waals surface area (Å²) < 4.78 is 38.0. The second kappa shape index (κ2) is 3.36. The van der Waals surface area contributed by atoms with Crippen LogP contribution in [0.1, 0.15) is 0 Å². The molecule has 0 radical (unpaired) electrons. The van der Waals surface area contributed by atoms with E-state index in [1.807, 2.05) is 0 Å². The molecule has 12 heavy (non-hydrogen) atoms. The van der Waals surface area contributed by atoms with Crippen molar-refractivity contribution in [1.82, 2.24) is 0 Å². The second-order valence-electron chi connectivity index (χ2n) is 1.92. The van der Waals surface area contributed by atoms with Gasteiger partial charge in [-0.15, -0.1) is 12.6 Å². The minimum Gasteiger partial charge on any atom is -0.204 e. The van der Waals surface area contributed by atoms with E-state index in [4.69, 9.17) is 23.2 Å². The van der Waals surface area contributed by atoms with Crippen LogP contribution >= 0.6 is 35.8 Å². The fourth-order valence-corrected chi connectivity index (χ4v) is 1.21. The average molecular weight is 233 g/mol. The quantitative estimate of drug-likeness (QED) is 0.394. The van der Waals surface area contributed by atoms with Crippen LogP contribution in [-0.4, -0.2) is 0 Å². The van der Waals surface area contributed by atoms with Crippen molar-refractivity contribution in [3.05, 3.63) is 27.5 Å². The Hall–Kier alpha value is -0.0600. The van der Waals surface area contributed by atoms with E-state index >= 15 is 0 Å². The molecule has 1 aromatic rings. The van der Waals surface area contributed by atoms with E-state index in [1.165, 1.54) is 0 Å². The third-order valence-corrected chi connectivity index (χ3v) is 2.39. The van der Waals surface area contributed by atoms with Crippen molar-refractivity contribution in [3.63, 3.8) is 0 Å². The zero-order valence-corrected chi connectivity index (χ0v) is 7.74. The Labute approximate surface area is 81.7 Å². The summed E-state index contributed by atoms with van der Waals surface area (Å²) in [5.74, 6) is -4.00. The molecule has 0 saturated carbocycles. The maximum absolute atomic E-state index is 12.7. The van der Waals surface area contributed by atoms with E-state index in [2.05, 4.69) is 12.6 Å². The number of hydrogen-bond acceptors (Lipinski definition) is 1. The van der Waals surface area contributed by atoms with Crippen molar-refractivity contribution in [2.24, 2.45) is 0 Å². The van der Waals surface area contributed by atoms with Crippen LogP contribution in [0.4, 0.5) is 13.2 Å². The van der Waals surface area contributed by atoms with Crippen molar-refractivity contribution in [2.75, 3.05) is 0 Å². The second-order valence-corrected chi connectivity index (χ2v) is 3.12. The zero-order chi connectivity index (χ0) is 9.46. The third-order valence-electron chi connectivity index (χ3n) is 1.19. The summed E-state index contributed by atoms with van der Waals surface area (Å²) in [6.45, 7) is 0. The van der Waals surface area contributed by atoms with Gasteiger partial charge < -0.3 is 0 Å². The smallest absolute Gasteiger partial charge is 0.180 e. The van der Waals surface area contributed by atoms with Gasteiger partial charge in [-0.05, 0) is 0 Å². The van der Waals surface area contributed by atoms with Crippen LogP contribution in [0, 0.1) is 17.5 Å². The Morgan fingerprint density at radius 3 is 1.75 bits per heavy atom. The Bertz CT molecular complexity index is 235. The first-order chi connectivity index (χ1) is 5.46. The molecule has 0 bridgehead atoms. The maximum atomic E-state index is 12.7. The van der Waals surface area contributed by atoms with Crippen molar-refractivity contribution >= 4 is 35.8 Å². The molecule has 66 valence electrons. The highest BCUT2D eigenvalue weighted by Crippen LogP contribution is 2.34. The van der Waals surface area contributed by atoms with E-state index in [-0.39, 0.29) is 0 Å². The van der Waals surface area contributed by atoms with Gasteiger partial charge >= 0.3 is 0 Å². The molecular formula is C6HCl2F3S. The lowest BCUT2D eigenvalue weighted by Crippen LogP contribution is -1.93. The van der Waals surface area contributed by atoms with Gasteiger partial charge in [0.1, 0.15) is 5.02 Å². The highest BCUT2D eigenvalue weighted by molar-refractivity contribution is 7.80. The molecule has 0 aromatic heterocycles. The monoisotopic (exact) mass is 232 g/mol. The lowest BCUT2D eigenvalue weighted by molar-refractivity contribution is 0.468. The summed E-state index contributed by atoms with van der Waals surface area (Å²) in [5.41, 5.74) is 0. The first-order valence-corrected chi connectivity index (χ1v) is 3.87. The van der Waals surface area contributed by atoms with Crippen molar-refractivity contribution < 1.29 is 13.2 Å². The molecule has 0 aliphatic rings. The van der Waals surface area contributed by atoms with Gasteiger partial charge in [-0.1, -0.05) is 23.2 Å². The van der Waals surface area contributed by atoms with Gasteiger partial charge in [0.15, 0.2) is 17.5 Å². The van der Waals surface area contributed by atoms with E-state index in [0.717, 1.165) is 0 Å². The van der Waals surface area contributed by atoms with Gasteiger partial charge in [-0.2, -0.15) is 0 Å². The maximum Gasteiger partial charge on any atom is 0.180 e. The normalized spacial score (nSPS) is 10.5. The lowest BCUT2D eigenvalue weighted by atomic mass is 10.3. The summed E-state index contributed by atoms with van der Waals surface area (Å²) >= 11 is 13.7. The highest BCUT2D eigenvalue weighted by Gasteiger charge is 2.20. The lowest BCUT2D eigenvalue weighted by Gasteiger charge is -2.03. The van der Waals surface area contributed by atoms with Crippen molar-refractivity contribution in [3.8, 4) is 0 Å². The van der Waals surface area contributed by atoms with Gasteiger partial charge in [0.2, 0.25) is 0 Å². The molecule has 0 nitrogen and oxygen atoms in total. The molecule has 0 atom stereocenters. The molecule has 0 fully saturated rings. The Morgan fingerprint density at radius 1 is 0.833 bits per heavy atom. The number of thiol groups is 1. The van der Waals surface area contributed by atoms with Gasteiger partial charge in [0, 0.05) is 0 Å². The average Bonchev–Trinajstić information content (AvgIpc) is 2.08. The standard InChI is InChI=1S/C6HCl2F3S/c7-1-2(8)4(10)6(12)5(11)3(1)9/h12H. The predicted octanol–water partition coefficient (Wildman–Crippen LogP) is 3.70.